The average molecular weight is 430 g/mol. The van der Waals surface area contributed by atoms with Gasteiger partial charge in [0.1, 0.15) is 5.82 Å². The summed E-state index contributed by atoms with van der Waals surface area (Å²) in [6, 6.07) is 18.4. The summed E-state index contributed by atoms with van der Waals surface area (Å²) in [5.41, 5.74) is 4.33. The molecule has 1 aliphatic rings. The molecule has 1 heterocycles. The first kappa shape index (κ1) is 21.2. The van der Waals surface area contributed by atoms with Crippen molar-refractivity contribution in [3.05, 3.63) is 94.8 Å². The standard InChI is InChI=1S/C25H23FN4O2/c1-15-9-8-13-20(16(15)2)27-25(32)29-23-24(31)30(3)21-14-7-5-11-18(21)22(28-23)17-10-4-6-12-19(17)26/h4-14,23H,1-3H3,(H2,27,29,32). The minimum absolute atomic E-state index is 0.254. The third kappa shape index (κ3) is 3.97. The van der Waals surface area contributed by atoms with Gasteiger partial charge in [0.15, 0.2) is 0 Å². The highest BCUT2D eigenvalue weighted by Gasteiger charge is 2.31. The number of halogens is 1. The summed E-state index contributed by atoms with van der Waals surface area (Å²) in [6.07, 6.45) is -1.23. The number of benzodiazepines with no additional fused rings is 1. The van der Waals surface area contributed by atoms with E-state index in [1.165, 1.54) is 11.0 Å². The monoisotopic (exact) mass is 430 g/mol. The summed E-state index contributed by atoms with van der Waals surface area (Å²) in [5.74, 6) is -0.892. The number of para-hydroxylation sites is 1. The molecule has 3 amide bonds. The number of hydrogen-bond donors (Lipinski definition) is 2. The van der Waals surface area contributed by atoms with Gasteiger partial charge in [-0.25, -0.2) is 14.2 Å². The number of aliphatic imine (C=N–C) groups is 1. The average Bonchev–Trinajstić information content (AvgIpc) is 2.88. The molecule has 7 heteroatoms. The van der Waals surface area contributed by atoms with Gasteiger partial charge in [-0.05, 0) is 49.2 Å². The van der Waals surface area contributed by atoms with Crippen LogP contribution in [0.3, 0.4) is 0 Å². The summed E-state index contributed by atoms with van der Waals surface area (Å²) in [6.45, 7) is 3.85. The zero-order valence-electron chi connectivity index (χ0n) is 18.0. The van der Waals surface area contributed by atoms with Crippen LogP contribution in [0.15, 0.2) is 71.7 Å². The number of hydrogen-bond acceptors (Lipinski definition) is 3. The molecule has 0 spiro atoms. The molecule has 6 nitrogen and oxygen atoms in total. The number of nitrogens with one attached hydrogen (secondary N) is 2. The first-order valence-corrected chi connectivity index (χ1v) is 10.2. The fraction of sp³-hybridized carbons (Fsp3) is 0.160. The molecule has 0 saturated heterocycles. The van der Waals surface area contributed by atoms with Crippen LogP contribution in [0.4, 0.5) is 20.6 Å². The van der Waals surface area contributed by atoms with E-state index in [4.69, 9.17) is 0 Å². The van der Waals surface area contributed by atoms with E-state index in [0.717, 1.165) is 11.1 Å². The van der Waals surface area contributed by atoms with Crippen LogP contribution in [0.1, 0.15) is 22.3 Å². The highest BCUT2D eigenvalue weighted by molar-refractivity contribution is 6.20. The second-order valence-electron chi connectivity index (χ2n) is 7.62. The van der Waals surface area contributed by atoms with Gasteiger partial charge in [-0.3, -0.25) is 4.79 Å². The zero-order valence-corrected chi connectivity index (χ0v) is 18.0. The minimum atomic E-state index is -1.23. The maximum absolute atomic E-state index is 14.7. The van der Waals surface area contributed by atoms with E-state index < -0.39 is 23.9 Å². The summed E-state index contributed by atoms with van der Waals surface area (Å²) >= 11 is 0. The largest absolute Gasteiger partial charge is 0.321 e. The van der Waals surface area contributed by atoms with Crippen LogP contribution in [0, 0.1) is 19.7 Å². The molecule has 1 atom stereocenters. The molecule has 0 radical (unpaired) electrons. The Morgan fingerprint density at radius 3 is 2.41 bits per heavy atom. The first-order chi connectivity index (χ1) is 15.4. The first-order valence-electron chi connectivity index (χ1n) is 10.2. The van der Waals surface area contributed by atoms with Crippen LogP contribution < -0.4 is 15.5 Å². The van der Waals surface area contributed by atoms with Gasteiger partial charge in [0.2, 0.25) is 6.17 Å². The Hall–Kier alpha value is -4.00. The van der Waals surface area contributed by atoms with E-state index in [-0.39, 0.29) is 5.56 Å². The SMILES string of the molecule is Cc1cccc(NC(=O)NC2N=C(c3ccccc3F)c3ccccc3N(C)C2=O)c1C. The highest BCUT2D eigenvalue weighted by atomic mass is 19.1. The lowest BCUT2D eigenvalue weighted by atomic mass is 10.00. The van der Waals surface area contributed by atoms with Crippen LogP contribution in [0.25, 0.3) is 0 Å². The van der Waals surface area contributed by atoms with E-state index in [1.54, 1.807) is 55.6 Å². The van der Waals surface area contributed by atoms with Gasteiger partial charge in [0.05, 0.1) is 11.4 Å². The van der Waals surface area contributed by atoms with Gasteiger partial charge in [0.25, 0.3) is 5.91 Å². The predicted octanol–water partition coefficient (Wildman–Crippen LogP) is 4.40. The predicted molar refractivity (Wildman–Crippen MR) is 124 cm³/mol. The fourth-order valence-corrected chi connectivity index (χ4v) is 3.65. The number of rotatable bonds is 3. The Bertz CT molecular complexity index is 1240. The van der Waals surface area contributed by atoms with Crippen molar-refractivity contribution < 1.29 is 14.0 Å². The molecule has 0 aromatic heterocycles. The highest BCUT2D eigenvalue weighted by Crippen LogP contribution is 2.28. The molecule has 0 fully saturated rings. The lowest BCUT2D eigenvalue weighted by molar-refractivity contribution is -0.119. The molecule has 2 N–H and O–H groups in total. The summed E-state index contributed by atoms with van der Waals surface area (Å²) in [5, 5.41) is 5.41. The van der Waals surface area contributed by atoms with Gasteiger partial charge in [0, 0.05) is 23.9 Å². The van der Waals surface area contributed by atoms with Crippen molar-refractivity contribution in [3.8, 4) is 0 Å². The Labute approximate surface area is 185 Å². The van der Waals surface area contributed by atoms with E-state index in [0.29, 0.717) is 22.6 Å². The molecular weight excluding hydrogens is 407 g/mol. The van der Waals surface area contributed by atoms with Gasteiger partial charge < -0.3 is 15.5 Å². The third-order valence-electron chi connectivity index (χ3n) is 5.59. The summed E-state index contributed by atoms with van der Waals surface area (Å²) in [4.78, 5) is 31.9. The van der Waals surface area contributed by atoms with E-state index in [9.17, 15) is 14.0 Å². The summed E-state index contributed by atoms with van der Waals surface area (Å²) < 4.78 is 14.7. The lowest BCUT2D eigenvalue weighted by Crippen LogP contribution is -2.47. The molecule has 1 aliphatic heterocycles. The number of benzene rings is 3. The van der Waals surface area contributed by atoms with Gasteiger partial charge in [-0.2, -0.15) is 0 Å². The van der Waals surface area contributed by atoms with E-state index in [2.05, 4.69) is 15.6 Å². The van der Waals surface area contributed by atoms with Crippen molar-refractivity contribution in [3.63, 3.8) is 0 Å². The van der Waals surface area contributed by atoms with E-state index in [1.807, 2.05) is 26.0 Å². The number of aryl methyl sites for hydroxylation is 1. The van der Waals surface area contributed by atoms with Crippen molar-refractivity contribution in [1.82, 2.24) is 5.32 Å². The van der Waals surface area contributed by atoms with Gasteiger partial charge in [-0.1, -0.05) is 42.5 Å². The third-order valence-corrected chi connectivity index (χ3v) is 5.59. The Kier molecular flexibility index (Phi) is 5.73. The number of amides is 3. The fourth-order valence-electron chi connectivity index (χ4n) is 3.65. The number of urea groups is 1. The Balaban J connectivity index is 1.72. The normalized spacial score (nSPS) is 15.5. The van der Waals surface area contributed by atoms with Crippen molar-refractivity contribution in [2.45, 2.75) is 20.0 Å². The molecule has 32 heavy (non-hydrogen) atoms. The topological polar surface area (TPSA) is 73.8 Å². The molecule has 0 aliphatic carbocycles. The zero-order chi connectivity index (χ0) is 22.8. The molecule has 0 saturated carbocycles. The lowest BCUT2D eigenvalue weighted by Gasteiger charge is -2.21. The smallest absolute Gasteiger partial charge is 0.311 e. The number of likely N-dealkylation sites (N-methyl/N-ethyl adjacent to an activating group) is 1. The maximum Gasteiger partial charge on any atom is 0.321 e. The molecule has 0 bridgehead atoms. The van der Waals surface area contributed by atoms with Gasteiger partial charge in [-0.15, -0.1) is 0 Å². The van der Waals surface area contributed by atoms with Crippen molar-refractivity contribution in [2.75, 3.05) is 17.3 Å². The Morgan fingerprint density at radius 2 is 1.66 bits per heavy atom. The maximum atomic E-state index is 14.7. The van der Waals surface area contributed by atoms with Crippen LogP contribution in [0.2, 0.25) is 0 Å². The number of carbonyl (C=O) groups excluding carboxylic acids is 2. The van der Waals surface area contributed by atoms with Crippen LogP contribution in [0.5, 0.6) is 0 Å². The molecule has 162 valence electrons. The molecule has 1 unspecified atom stereocenters. The van der Waals surface area contributed by atoms with Gasteiger partial charge >= 0.3 is 6.03 Å². The van der Waals surface area contributed by atoms with Crippen molar-refractivity contribution in [1.29, 1.82) is 0 Å². The number of nitrogens with zero attached hydrogens (tertiary/aromatic N) is 2. The van der Waals surface area contributed by atoms with Crippen LogP contribution in [-0.2, 0) is 4.79 Å². The molecule has 3 aromatic carbocycles. The second-order valence-corrected chi connectivity index (χ2v) is 7.62. The molecular formula is C25H23FN4O2. The van der Waals surface area contributed by atoms with Crippen molar-refractivity contribution in [2.24, 2.45) is 4.99 Å². The summed E-state index contributed by atoms with van der Waals surface area (Å²) in [7, 11) is 1.61. The number of anilines is 2. The van der Waals surface area contributed by atoms with Crippen LogP contribution in [-0.4, -0.2) is 30.9 Å². The quantitative estimate of drug-likeness (QED) is 0.646. The van der Waals surface area contributed by atoms with E-state index >= 15 is 0 Å². The molecule has 4 rings (SSSR count). The number of carbonyl (C=O) groups is 2. The number of fused-ring (bicyclic) bond motifs is 1. The Morgan fingerprint density at radius 1 is 0.969 bits per heavy atom. The molecule has 3 aromatic rings. The van der Waals surface area contributed by atoms with Crippen LogP contribution >= 0.6 is 0 Å². The van der Waals surface area contributed by atoms with Crippen molar-refractivity contribution >= 4 is 29.0 Å². The minimum Gasteiger partial charge on any atom is -0.311 e. The second kappa shape index (κ2) is 8.63.